The van der Waals surface area contributed by atoms with Crippen molar-refractivity contribution in [1.29, 1.82) is 0 Å². The van der Waals surface area contributed by atoms with Crippen molar-refractivity contribution in [2.45, 2.75) is 88.7 Å². The van der Waals surface area contributed by atoms with Crippen LogP contribution < -0.4 is 10.5 Å². The fraction of sp³-hybridized carbons (Fsp3) is 0.559. The monoisotopic (exact) mass is 600 g/mol. The molecule has 232 valence electrons. The number of aryl methyl sites for hydroxylation is 1. The van der Waals surface area contributed by atoms with E-state index in [1.165, 1.54) is 24.4 Å². The molecule has 0 amide bonds. The second-order valence-corrected chi connectivity index (χ2v) is 13.2. The molecule has 4 aliphatic rings. The Bertz CT molecular complexity index is 1680. The van der Waals surface area contributed by atoms with Gasteiger partial charge in [0.15, 0.2) is 5.60 Å². The van der Waals surface area contributed by atoms with Crippen LogP contribution in [-0.2, 0) is 20.7 Å². The van der Waals surface area contributed by atoms with Gasteiger partial charge < -0.3 is 34.7 Å². The van der Waals surface area contributed by atoms with Gasteiger partial charge in [0.25, 0.3) is 0 Å². The number of benzene rings is 1. The van der Waals surface area contributed by atoms with Crippen molar-refractivity contribution in [1.82, 2.24) is 14.5 Å². The highest BCUT2D eigenvalue weighted by Crippen LogP contribution is 2.65. The summed E-state index contributed by atoms with van der Waals surface area (Å²) in [7, 11) is 1.71. The van der Waals surface area contributed by atoms with E-state index in [1.807, 2.05) is 6.20 Å². The summed E-state index contributed by atoms with van der Waals surface area (Å²) in [4.78, 5) is 21.4. The minimum Gasteiger partial charge on any atom is -0.497 e. The molecule has 0 bridgehead atoms. The fourth-order valence-electron chi connectivity index (χ4n) is 8.97. The van der Waals surface area contributed by atoms with E-state index in [2.05, 4.69) is 46.9 Å². The molecule has 1 aliphatic heterocycles. The van der Waals surface area contributed by atoms with Gasteiger partial charge in [-0.1, -0.05) is 18.9 Å². The zero-order valence-corrected chi connectivity index (χ0v) is 25.5. The molecule has 1 saturated heterocycles. The molecule has 3 fully saturated rings. The number of aliphatic hydroxyl groups excluding tert-OH is 2. The first-order valence-electron chi connectivity index (χ1n) is 15.6. The van der Waals surface area contributed by atoms with Crippen LogP contribution in [0.15, 0.2) is 30.7 Å². The summed E-state index contributed by atoms with van der Waals surface area (Å²) in [5.41, 5.74) is 9.06. The number of rotatable bonds is 4. The summed E-state index contributed by atoms with van der Waals surface area (Å²) in [6, 6.07) is 6.51. The van der Waals surface area contributed by atoms with Gasteiger partial charge in [-0.25, -0.2) is 9.97 Å². The van der Waals surface area contributed by atoms with Gasteiger partial charge >= 0.3 is 5.97 Å². The Morgan fingerprint density at radius 1 is 1.25 bits per heavy atom. The molecule has 10 heteroatoms. The number of aliphatic hydroxyl groups is 2. The summed E-state index contributed by atoms with van der Waals surface area (Å²) in [5, 5.41) is 20.6. The lowest BCUT2D eigenvalue weighted by atomic mass is 9.53. The molecule has 1 aromatic carbocycles. The quantitative estimate of drug-likeness (QED) is 0.301. The second kappa shape index (κ2) is 10.8. The molecule has 3 heterocycles. The SMILES string of the molecule is COc1ccc2c(c1)CC[C@@H]1[C@@H]2CC[C@@]2(C)[C@H]1CC[C@]2(C#Cc1cn([C@H]2C[C@H](O)[C@@H](CO)O2)c2ncnc(N)c12)OC(C)=O. The number of ether oxygens (including phenoxy) is 3. The molecule has 2 saturated carbocycles. The first kappa shape index (κ1) is 29.1. The Labute approximate surface area is 256 Å². The highest BCUT2D eigenvalue weighted by atomic mass is 16.6. The van der Waals surface area contributed by atoms with Gasteiger partial charge in [-0.2, -0.15) is 0 Å². The van der Waals surface area contributed by atoms with Crippen molar-refractivity contribution in [2.75, 3.05) is 19.5 Å². The van der Waals surface area contributed by atoms with Crippen LogP contribution in [-0.4, -0.2) is 62.2 Å². The van der Waals surface area contributed by atoms with Gasteiger partial charge in [-0.3, -0.25) is 4.79 Å². The molecule has 44 heavy (non-hydrogen) atoms. The molecule has 3 aliphatic carbocycles. The molecule has 3 aromatic rings. The number of aromatic nitrogens is 3. The molecule has 0 spiro atoms. The number of hydrogen-bond acceptors (Lipinski definition) is 9. The van der Waals surface area contributed by atoms with Crippen LogP contribution in [0.4, 0.5) is 5.82 Å². The average Bonchev–Trinajstić information content (AvgIpc) is 3.67. The van der Waals surface area contributed by atoms with Gasteiger partial charge in [-0.05, 0) is 85.5 Å². The Morgan fingerprint density at radius 2 is 2.09 bits per heavy atom. The maximum absolute atomic E-state index is 12.7. The van der Waals surface area contributed by atoms with E-state index in [-0.39, 0.29) is 23.8 Å². The highest BCUT2D eigenvalue weighted by molar-refractivity contribution is 5.92. The number of hydrogen-bond donors (Lipinski definition) is 3. The minimum atomic E-state index is -0.949. The number of anilines is 1. The van der Waals surface area contributed by atoms with Crippen molar-refractivity contribution < 1.29 is 29.2 Å². The van der Waals surface area contributed by atoms with Crippen molar-refractivity contribution in [3.05, 3.63) is 47.4 Å². The average molecular weight is 601 g/mol. The molecular weight excluding hydrogens is 560 g/mol. The fourth-order valence-corrected chi connectivity index (χ4v) is 8.97. The van der Waals surface area contributed by atoms with Crippen LogP contribution in [0.2, 0.25) is 0 Å². The zero-order chi connectivity index (χ0) is 30.8. The molecule has 10 nitrogen and oxygen atoms in total. The molecular formula is C34H40N4O6. The van der Waals surface area contributed by atoms with Gasteiger partial charge in [0.1, 0.15) is 35.9 Å². The van der Waals surface area contributed by atoms with Crippen LogP contribution in [0.3, 0.4) is 0 Å². The van der Waals surface area contributed by atoms with Crippen LogP contribution >= 0.6 is 0 Å². The molecule has 0 radical (unpaired) electrons. The maximum Gasteiger partial charge on any atom is 0.304 e. The summed E-state index contributed by atoms with van der Waals surface area (Å²) in [6.45, 7) is 3.45. The number of esters is 1. The predicted molar refractivity (Wildman–Crippen MR) is 163 cm³/mol. The lowest BCUT2D eigenvalue weighted by Gasteiger charge is -2.52. The Balaban J connectivity index is 1.26. The lowest BCUT2D eigenvalue weighted by molar-refractivity contribution is -0.165. The van der Waals surface area contributed by atoms with Crippen molar-refractivity contribution in [3.63, 3.8) is 0 Å². The summed E-state index contributed by atoms with van der Waals surface area (Å²) in [5.74, 6) is 9.05. The van der Waals surface area contributed by atoms with E-state index in [0.29, 0.717) is 47.2 Å². The van der Waals surface area contributed by atoms with Crippen molar-refractivity contribution >= 4 is 22.8 Å². The third-order valence-corrected chi connectivity index (χ3v) is 11.1. The van der Waals surface area contributed by atoms with Crippen LogP contribution in [0.5, 0.6) is 5.75 Å². The predicted octanol–water partition coefficient (Wildman–Crippen LogP) is 3.87. The first-order chi connectivity index (χ1) is 21.2. The van der Waals surface area contributed by atoms with Crippen LogP contribution in [0.25, 0.3) is 11.0 Å². The molecule has 7 rings (SSSR count). The highest BCUT2D eigenvalue weighted by Gasteiger charge is 2.63. The number of fused-ring (bicyclic) bond motifs is 6. The topological polar surface area (TPSA) is 142 Å². The third-order valence-electron chi connectivity index (χ3n) is 11.1. The lowest BCUT2D eigenvalue weighted by Crippen LogP contribution is -2.52. The standard InChI is InChI=1S/C34H40N4O6/c1-19(40)44-34(12-8-21-16-38(29-15-27(41)28(17-39)43-29)32-30(21)31(35)36-18-37-32)13-10-26-25-6-4-20-14-22(42-3)5-7-23(20)24(25)9-11-33(26,34)2/h5,7,14,16,18,24-29,39,41H,4,6,9-11,13,15,17H2,1-3H3,(H2,35,36,37)/t24-,25-,26+,27+,28-,29-,33+,34+/m1/s1. The maximum atomic E-state index is 12.7. The van der Waals surface area contributed by atoms with E-state index < -0.39 is 24.0 Å². The number of nitrogen functional groups attached to an aromatic ring is 1. The third kappa shape index (κ3) is 4.39. The van der Waals surface area contributed by atoms with E-state index in [1.54, 1.807) is 11.7 Å². The molecule has 0 unspecified atom stereocenters. The van der Waals surface area contributed by atoms with E-state index in [0.717, 1.165) is 37.9 Å². The minimum absolute atomic E-state index is 0.283. The zero-order valence-electron chi connectivity index (χ0n) is 25.5. The van der Waals surface area contributed by atoms with E-state index in [9.17, 15) is 15.0 Å². The number of nitrogens with zero attached hydrogens (tertiary/aromatic N) is 3. The Kier molecular flexibility index (Phi) is 7.11. The van der Waals surface area contributed by atoms with E-state index >= 15 is 0 Å². The Morgan fingerprint density at radius 3 is 2.84 bits per heavy atom. The van der Waals surface area contributed by atoms with E-state index in [4.69, 9.17) is 19.9 Å². The largest absolute Gasteiger partial charge is 0.497 e. The molecule has 4 N–H and O–H groups in total. The van der Waals surface area contributed by atoms with Gasteiger partial charge in [-0.15, -0.1) is 0 Å². The number of carbonyl (C=O) groups excluding carboxylic acids is 1. The van der Waals surface area contributed by atoms with Gasteiger partial charge in [0.2, 0.25) is 0 Å². The van der Waals surface area contributed by atoms with Gasteiger partial charge in [0.05, 0.1) is 30.8 Å². The summed E-state index contributed by atoms with van der Waals surface area (Å²) >= 11 is 0. The first-order valence-corrected chi connectivity index (χ1v) is 15.6. The normalized spacial score (nSPS) is 34.0. The van der Waals surface area contributed by atoms with Gasteiger partial charge in [0, 0.05) is 25.0 Å². The second-order valence-electron chi connectivity index (χ2n) is 13.2. The van der Waals surface area contributed by atoms with Crippen LogP contribution in [0.1, 0.15) is 81.2 Å². The summed E-state index contributed by atoms with van der Waals surface area (Å²) in [6.07, 6.45) is 7.09. The molecule has 2 aromatic heterocycles. The number of methoxy groups -OCH3 is 1. The smallest absolute Gasteiger partial charge is 0.304 e. The Hall–Kier alpha value is -3.65. The van der Waals surface area contributed by atoms with Crippen molar-refractivity contribution in [2.24, 2.45) is 17.3 Å². The molecule has 8 atom stereocenters. The number of nitrogens with two attached hydrogens (primary N) is 1. The number of carbonyl (C=O) groups is 1. The van der Waals surface area contributed by atoms with Crippen LogP contribution in [0, 0.1) is 29.1 Å². The van der Waals surface area contributed by atoms with Crippen molar-refractivity contribution in [3.8, 4) is 17.6 Å². The summed E-state index contributed by atoms with van der Waals surface area (Å²) < 4.78 is 19.5.